The number of carbonyl (C=O) groups excluding carboxylic acids is 1. The predicted octanol–water partition coefficient (Wildman–Crippen LogP) is 5.32. The number of hydroxylamine groups is 2. The maximum absolute atomic E-state index is 12.9. The highest BCUT2D eigenvalue weighted by Crippen LogP contribution is 2.38. The first kappa shape index (κ1) is 23.1. The van der Waals surface area contributed by atoms with Gasteiger partial charge in [0, 0.05) is 22.7 Å². The summed E-state index contributed by atoms with van der Waals surface area (Å²) in [7, 11) is 1.68. The minimum Gasteiger partial charge on any atom is -0.454 e. The standard InChI is InChI=1S/C24H28ClN3O3/c1-23(2)13-18(14-24(3,4)28(23)30-5)27-22(29)16-10-11-21(19(25)12-16)31-20-9-7-6-8-17(20)15-26/h6-12,18H,13-14H2,1-5H3,(H,27,29). The van der Waals surface area contributed by atoms with Gasteiger partial charge in [-0.3, -0.25) is 4.79 Å². The fraction of sp³-hybridized carbons (Fsp3) is 0.417. The van der Waals surface area contributed by atoms with E-state index in [2.05, 4.69) is 39.1 Å². The van der Waals surface area contributed by atoms with Crippen molar-refractivity contribution >= 4 is 17.5 Å². The number of rotatable bonds is 5. The van der Waals surface area contributed by atoms with Crippen LogP contribution in [0.25, 0.3) is 0 Å². The Labute approximate surface area is 188 Å². The molecule has 1 aliphatic rings. The summed E-state index contributed by atoms with van der Waals surface area (Å²) < 4.78 is 5.79. The number of halogens is 1. The third-order valence-electron chi connectivity index (χ3n) is 5.53. The lowest BCUT2D eigenvalue weighted by molar-refractivity contribution is -0.267. The van der Waals surface area contributed by atoms with E-state index in [1.165, 1.54) is 0 Å². The molecule has 0 aromatic heterocycles. The number of nitrogens with one attached hydrogen (secondary N) is 1. The smallest absolute Gasteiger partial charge is 0.251 e. The third-order valence-corrected chi connectivity index (χ3v) is 5.83. The molecule has 1 heterocycles. The lowest BCUT2D eigenvalue weighted by Crippen LogP contribution is -2.63. The van der Waals surface area contributed by atoms with E-state index in [0.717, 1.165) is 12.8 Å². The molecule has 2 aromatic rings. The van der Waals surface area contributed by atoms with Gasteiger partial charge in [-0.2, -0.15) is 10.3 Å². The maximum Gasteiger partial charge on any atom is 0.251 e. The summed E-state index contributed by atoms with van der Waals surface area (Å²) in [6, 6.07) is 13.9. The van der Waals surface area contributed by atoms with Crippen molar-refractivity contribution in [3.63, 3.8) is 0 Å². The molecule has 6 nitrogen and oxygen atoms in total. The fourth-order valence-electron chi connectivity index (χ4n) is 4.62. The average molecular weight is 442 g/mol. The summed E-state index contributed by atoms with van der Waals surface area (Å²) in [6.07, 6.45) is 1.52. The first-order valence-corrected chi connectivity index (χ1v) is 10.6. The van der Waals surface area contributed by atoms with Gasteiger partial charge in [-0.15, -0.1) is 0 Å². The topological polar surface area (TPSA) is 74.6 Å². The number of nitrogens with zero attached hydrogens (tertiary/aromatic N) is 2. The Morgan fingerprint density at radius 1 is 1.13 bits per heavy atom. The zero-order chi connectivity index (χ0) is 22.8. The molecule has 0 atom stereocenters. The van der Waals surface area contributed by atoms with Gasteiger partial charge in [-0.25, -0.2) is 0 Å². The molecule has 0 bridgehead atoms. The van der Waals surface area contributed by atoms with Gasteiger partial charge in [0.1, 0.15) is 17.6 Å². The minimum absolute atomic E-state index is 0.00103. The minimum atomic E-state index is -0.224. The maximum atomic E-state index is 12.9. The van der Waals surface area contributed by atoms with Crippen molar-refractivity contribution in [1.29, 1.82) is 5.26 Å². The SMILES string of the molecule is CON1C(C)(C)CC(NC(=O)c2ccc(Oc3ccccc3C#N)c(Cl)c2)CC1(C)C. The average Bonchev–Trinajstić information content (AvgIpc) is 2.68. The number of para-hydroxylation sites is 1. The van der Waals surface area contributed by atoms with E-state index >= 15 is 0 Å². The van der Waals surface area contributed by atoms with Gasteiger partial charge in [0.25, 0.3) is 5.91 Å². The highest BCUT2D eigenvalue weighted by molar-refractivity contribution is 6.32. The van der Waals surface area contributed by atoms with Crippen LogP contribution in [0.4, 0.5) is 0 Å². The Kier molecular flexibility index (Phi) is 6.61. The monoisotopic (exact) mass is 441 g/mol. The lowest BCUT2D eigenvalue weighted by atomic mass is 9.79. The van der Waals surface area contributed by atoms with Crippen LogP contribution >= 0.6 is 11.6 Å². The highest BCUT2D eigenvalue weighted by Gasteiger charge is 2.46. The van der Waals surface area contributed by atoms with E-state index in [0.29, 0.717) is 27.6 Å². The number of hydrogen-bond acceptors (Lipinski definition) is 5. The summed E-state index contributed by atoms with van der Waals surface area (Å²) in [5, 5.41) is 14.7. The van der Waals surface area contributed by atoms with Crippen LogP contribution in [0.1, 0.15) is 56.5 Å². The molecule has 1 fully saturated rings. The van der Waals surface area contributed by atoms with Gasteiger partial charge >= 0.3 is 0 Å². The third kappa shape index (κ3) is 5.01. The van der Waals surface area contributed by atoms with Gasteiger partial charge in [0.15, 0.2) is 0 Å². The summed E-state index contributed by atoms with van der Waals surface area (Å²) in [6.45, 7) is 8.44. The second-order valence-electron chi connectivity index (χ2n) is 9.04. The Balaban J connectivity index is 1.73. The van der Waals surface area contributed by atoms with Crippen LogP contribution in [0.3, 0.4) is 0 Å². The summed E-state index contributed by atoms with van der Waals surface area (Å²) >= 11 is 6.38. The van der Waals surface area contributed by atoms with Gasteiger partial charge in [-0.1, -0.05) is 23.7 Å². The Morgan fingerprint density at radius 2 is 1.77 bits per heavy atom. The number of carbonyl (C=O) groups is 1. The van der Waals surface area contributed by atoms with Crippen molar-refractivity contribution in [3.05, 3.63) is 58.6 Å². The van der Waals surface area contributed by atoms with Crippen LogP contribution in [0, 0.1) is 11.3 Å². The molecule has 1 amide bonds. The molecular formula is C24H28ClN3O3. The number of nitriles is 1. The molecule has 0 spiro atoms. The van der Waals surface area contributed by atoms with Crippen LogP contribution in [0.2, 0.25) is 5.02 Å². The molecule has 3 rings (SSSR count). The molecule has 164 valence electrons. The van der Waals surface area contributed by atoms with Crippen molar-refractivity contribution in [2.45, 2.75) is 57.7 Å². The molecule has 0 aliphatic carbocycles. The zero-order valence-electron chi connectivity index (χ0n) is 18.5. The molecule has 2 aromatic carbocycles. The van der Waals surface area contributed by atoms with E-state index in [-0.39, 0.29) is 23.0 Å². The lowest BCUT2D eigenvalue weighted by Gasteiger charge is -2.53. The van der Waals surface area contributed by atoms with E-state index in [4.69, 9.17) is 21.2 Å². The Bertz CT molecular complexity index is 995. The van der Waals surface area contributed by atoms with Crippen LogP contribution in [-0.4, -0.2) is 35.2 Å². The number of hydrogen-bond donors (Lipinski definition) is 1. The second-order valence-corrected chi connectivity index (χ2v) is 9.44. The summed E-state index contributed by atoms with van der Waals surface area (Å²) in [5.74, 6) is 0.614. The molecule has 1 aliphatic heterocycles. The van der Waals surface area contributed by atoms with Gasteiger partial charge in [0.05, 0.1) is 17.7 Å². The first-order valence-electron chi connectivity index (χ1n) is 10.2. The van der Waals surface area contributed by atoms with Crippen LogP contribution in [0.15, 0.2) is 42.5 Å². The van der Waals surface area contributed by atoms with E-state index in [9.17, 15) is 10.1 Å². The fourth-order valence-corrected chi connectivity index (χ4v) is 4.84. The number of benzene rings is 2. The van der Waals surface area contributed by atoms with Crippen molar-refractivity contribution < 1.29 is 14.4 Å². The van der Waals surface area contributed by atoms with Gasteiger partial charge in [0.2, 0.25) is 0 Å². The summed E-state index contributed by atoms with van der Waals surface area (Å²) in [5.41, 5.74) is 0.416. The van der Waals surface area contributed by atoms with E-state index in [1.54, 1.807) is 49.6 Å². The van der Waals surface area contributed by atoms with Crippen LogP contribution in [-0.2, 0) is 4.84 Å². The second kappa shape index (κ2) is 8.88. The first-order chi connectivity index (χ1) is 14.6. The molecule has 1 saturated heterocycles. The van der Waals surface area contributed by atoms with Crippen molar-refractivity contribution in [1.82, 2.24) is 10.4 Å². The highest BCUT2D eigenvalue weighted by atomic mass is 35.5. The zero-order valence-corrected chi connectivity index (χ0v) is 19.3. The van der Waals surface area contributed by atoms with Crippen LogP contribution in [0.5, 0.6) is 11.5 Å². The quantitative estimate of drug-likeness (QED) is 0.679. The van der Waals surface area contributed by atoms with Gasteiger partial charge < -0.3 is 14.9 Å². The molecule has 0 radical (unpaired) electrons. The molecule has 0 unspecified atom stereocenters. The van der Waals surface area contributed by atoms with Crippen molar-refractivity contribution in [2.75, 3.05) is 7.11 Å². The molecule has 1 N–H and O–H groups in total. The van der Waals surface area contributed by atoms with Crippen molar-refractivity contribution in [3.8, 4) is 17.6 Å². The number of amides is 1. The number of ether oxygens (including phenoxy) is 1. The molecule has 31 heavy (non-hydrogen) atoms. The van der Waals surface area contributed by atoms with Crippen molar-refractivity contribution in [2.24, 2.45) is 0 Å². The Morgan fingerprint density at radius 3 is 2.35 bits per heavy atom. The van der Waals surface area contributed by atoms with E-state index in [1.807, 2.05) is 5.06 Å². The van der Waals surface area contributed by atoms with Gasteiger partial charge in [-0.05, 0) is 70.9 Å². The number of piperidine rings is 1. The molecular weight excluding hydrogens is 414 g/mol. The predicted molar refractivity (Wildman–Crippen MR) is 120 cm³/mol. The van der Waals surface area contributed by atoms with E-state index < -0.39 is 0 Å². The normalized spacial score (nSPS) is 18.2. The summed E-state index contributed by atoms with van der Waals surface area (Å²) in [4.78, 5) is 18.5. The largest absolute Gasteiger partial charge is 0.454 e. The Hall–Kier alpha value is -2.59. The molecule has 7 heteroatoms. The molecule has 0 saturated carbocycles. The van der Waals surface area contributed by atoms with Crippen LogP contribution < -0.4 is 10.1 Å².